The summed E-state index contributed by atoms with van der Waals surface area (Å²) in [4.78, 5) is 26.1. The lowest BCUT2D eigenvalue weighted by atomic mass is 10.0. The minimum atomic E-state index is -4.44. The maximum Gasteiger partial charge on any atom is 0.416 e. The monoisotopic (exact) mass is 420 g/mol. The Hall–Kier alpha value is -3.16. The molecule has 0 radical (unpaired) electrons. The number of alkyl halides is 3. The molecule has 1 aliphatic rings. The summed E-state index contributed by atoms with van der Waals surface area (Å²) in [5.41, 5.74) is -0.494. The van der Waals surface area contributed by atoms with E-state index >= 15 is 0 Å². The summed E-state index contributed by atoms with van der Waals surface area (Å²) in [6.45, 7) is 0.741. The molecule has 158 valence electrons. The lowest BCUT2D eigenvalue weighted by Gasteiger charge is -2.32. The smallest absolute Gasteiger partial charge is 0.350 e. The molecule has 1 N–H and O–H groups in total. The SMILES string of the molecule is O=C(C=Cc1cccc(C(F)(F)F)c1)NC1CCN(C(=O)c2ccccc2F)CC1. The van der Waals surface area contributed by atoms with Crippen molar-refractivity contribution in [2.75, 3.05) is 13.1 Å². The molecule has 3 rings (SSSR count). The molecular formula is C22H20F4N2O2. The van der Waals surface area contributed by atoms with Crippen molar-refractivity contribution >= 4 is 17.9 Å². The summed E-state index contributed by atoms with van der Waals surface area (Å²) in [5, 5.41) is 2.78. The van der Waals surface area contributed by atoms with Crippen LogP contribution in [0.5, 0.6) is 0 Å². The quantitative estimate of drug-likeness (QED) is 0.593. The van der Waals surface area contributed by atoms with E-state index in [4.69, 9.17) is 0 Å². The fraction of sp³-hybridized carbons (Fsp3) is 0.273. The molecule has 8 heteroatoms. The maximum absolute atomic E-state index is 13.8. The molecular weight excluding hydrogens is 400 g/mol. The Morgan fingerprint density at radius 3 is 2.40 bits per heavy atom. The van der Waals surface area contributed by atoms with Crippen LogP contribution in [0.15, 0.2) is 54.6 Å². The molecule has 2 amide bonds. The van der Waals surface area contributed by atoms with Crippen LogP contribution in [-0.4, -0.2) is 35.8 Å². The van der Waals surface area contributed by atoms with Gasteiger partial charge in [0.1, 0.15) is 5.82 Å². The number of benzene rings is 2. The number of amides is 2. The molecule has 0 atom stereocenters. The van der Waals surface area contributed by atoms with Gasteiger partial charge in [0.2, 0.25) is 5.91 Å². The molecule has 0 spiro atoms. The molecule has 0 saturated carbocycles. The van der Waals surface area contributed by atoms with Gasteiger partial charge in [-0.15, -0.1) is 0 Å². The molecule has 30 heavy (non-hydrogen) atoms. The molecule has 1 heterocycles. The highest BCUT2D eigenvalue weighted by Gasteiger charge is 2.30. The number of likely N-dealkylation sites (tertiary alicyclic amines) is 1. The van der Waals surface area contributed by atoms with Gasteiger partial charge in [0.15, 0.2) is 0 Å². The van der Waals surface area contributed by atoms with Crippen molar-refractivity contribution in [2.24, 2.45) is 0 Å². The maximum atomic E-state index is 13.8. The lowest BCUT2D eigenvalue weighted by molar-refractivity contribution is -0.137. The summed E-state index contributed by atoms with van der Waals surface area (Å²) in [6.07, 6.45) is -0.930. The zero-order valence-corrected chi connectivity index (χ0v) is 16.0. The van der Waals surface area contributed by atoms with E-state index < -0.39 is 23.5 Å². The van der Waals surface area contributed by atoms with Crippen molar-refractivity contribution in [3.05, 3.63) is 77.1 Å². The molecule has 0 bridgehead atoms. The van der Waals surface area contributed by atoms with Crippen molar-refractivity contribution in [1.82, 2.24) is 10.2 Å². The Kier molecular flexibility index (Phi) is 6.54. The topological polar surface area (TPSA) is 49.4 Å². The van der Waals surface area contributed by atoms with Crippen LogP contribution in [0.3, 0.4) is 0 Å². The number of hydrogen-bond acceptors (Lipinski definition) is 2. The number of rotatable bonds is 4. The van der Waals surface area contributed by atoms with Gasteiger partial charge >= 0.3 is 6.18 Å². The van der Waals surface area contributed by atoms with E-state index in [0.717, 1.165) is 12.1 Å². The van der Waals surface area contributed by atoms with Crippen LogP contribution in [0.1, 0.15) is 34.3 Å². The van der Waals surface area contributed by atoms with Crippen LogP contribution in [0.25, 0.3) is 6.08 Å². The van der Waals surface area contributed by atoms with Crippen LogP contribution in [0, 0.1) is 5.82 Å². The number of nitrogens with zero attached hydrogens (tertiary/aromatic N) is 1. The Morgan fingerprint density at radius 2 is 1.73 bits per heavy atom. The fourth-order valence-electron chi connectivity index (χ4n) is 3.27. The average Bonchev–Trinajstić information content (AvgIpc) is 2.72. The normalized spacial score (nSPS) is 15.4. The largest absolute Gasteiger partial charge is 0.416 e. The second kappa shape index (κ2) is 9.11. The Balaban J connectivity index is 1.51. The average molecular weight is 420 g/mol. The first-order valence-electron chi connectivity index (χ1n) is 9.43. The van der Waals surface area contributed by atoms with Crippen LogP contribution >= 0.6 is 0 Å². The van der Waals surface area contributed by atoms with E-state index in [1.165, 1.54) is 42.5 Å². The van der Waals surface area contributed by atoms with Gasteiger partial charge in [-0.25, -0.2) is 4.39 Å². The van der Waals surface area contributed by atoms with Gasteiger partial charge in [0.05, 0.1) is 11.1 Å². The Bertz CT molecular complexity index is 948. The standard InChI is InChI=1S/C22H20F4N2O2/c23-19-7-2-1-6-18(19)21(30)28-12-10-17(11-13-28)27-20(29)9-8-15-4-3-5-16(14-15)22(24,25)26/h1-9,14,17H,10-13H2,(H,27,29). The minimum Gasteiger partial charge on any atom is -0.350 e. The van der Waals surface area contributed by atoms with E-state index in [9.17, 15) is 27.2 Å². The van der Waals surface area contributed by atoms with E-state index in [2.05, 4.69) is 5.32 Å². The minimum absolute atomic E-state index is 0.0176. The number of carbonyl (C=O) groups is 2. The summed E-state index contributed by atoms with van der Waals surface area (Å²) in [6, 6.07) is 10.3. The Morgan fingerprint density at radius 1 is 1.03 bits per heavy atom. The summed E-state index contributed by atoms with van der Waals surface area (Å²) < 4.78 is 52.0. The number of halogens is 4. The third-order valence-corrected chi connectivity index (χ3v) is 4.87. The van der Waals surface area contributed by atoms with E-state index in [1.54, 1.807) is 11.0 Å². The molecule has 1 fully saturated rings. The molecule has 2 aromatic carbocycles. The second-order valence-corrected chi connectivity index (χ2v) is 7.01. The van der Waals surface area contributed by atoms with Gasteiger partial charge in [-0.05, 0) is 48.7 Å². The highest BCUT2D eigenvalue weighted by atomic mass is 19.4. The number of carbonyl (C=O) groups excluding carboxylic acids is 2. The highest BCUT2D eigenvalue weighted by molar-refractivity contribution is 5.94. The van der Waals surface area contributed by atoms with Crippen molar-refractivity contribution in [3.8, 4) is 0 Å². The van der Waals surface area contributed by atoms with Gasteiger partial charge in [-0.2, -0.15) is 13.2 Å². The summed E-state index contributed by atoms with van der Waals surface area (Å²) in [5.74, 6) is -1.38. The molecule has 0 aromatic heterocycles. The van der Waals surface area contributed by atoms with Gasteiger partial charge in [-0.3, -0.25) is 9.59 Å². The third kappa shape index (κ3) is 5.46. The van der Waals surface area contributed by atoms with Crippen molar-refractivity contribution in [3.63, 3.8) is 0 Å². The number of piperidine rings is 1. The van der Waals surface area contributed by atoms with E-state index in [1.807, 2.05) is 0 Å². The third-order valence-electron chi connectivity index (χ3n) is 4.87. The van der Waals surface area contributed by atoms with E-state index in [-0.39, 0.29) is 23.1 Å². The van der Waals surface area contributed by atoms with Crippen LogP contribution in [0.2, 0.25) is 0 Å². The second-order valence-electron chi connectivity index (χ2n) is 7.01. The Labute approximate surface area is 171 Å². The van der Waals surface area contributed by atoms with Gasteiger partial charge in [0.25, 0.3) is 5.91 Å². The fourth-order valence-corrected chi connectivity index (χ4v) is 3.27. The van der Waals surface area contributed by atoms with Gasteiger partial charge < -0.3 is 10.2 Å². The first kappa shape index (κ1) is 21.5. The molecule has 4 nitrogen and oxygen atoms in total. The zero-order chi connectivity index (χ0) is 21.7. The summed E-state index contributed by atoms with van der Waals surface area (Å²) in [7, 11) is 0. The molecule has 0 aliphatic carbocycles. The number of nitrogens with one attached hydrogen (secondary N) is 1. The highest BCUT2D eigenvalue weighted by Crippen LogP contribution is 2.29. The predicted octanol–water partition coefficient (Wildman–Crippen LogP) is 4.28. The van der Waals surface area contributed by atoms with E-state index in [0.29, 0.717) is 25.9 Å². The predicted molar refractivity (Wildman–Crippen MR) is 104 cm³/mol. The van der Waals surface area contributed by atoms with Gasteiger partial charge in [-0.1, -0.05) is 24.3 Å². The molecule has 1 saturated heterocycles. The van der Waals surface area contributed by atoms with Crippen molar-refractivity contribution in [1.29, 1.82) is 0 Å². The first-order valence-corrected chi connectivity index (χ1v) is 9.43. The zero-order valence-electron chi connectivity index (χ0n) is 16.0. The number of hydrogen-bond donors (Lipinski definition) is 1. The van der Waals surface area contributed by atoms with Gasteiger partial charge in [0, 0.05) is 25.2 Å². The van der Waals surface area contributed by atoms with Crippen molar-refractivity contribution in [2.45, 2.75) is 25.1 Å². The molecule has 0 unspecified atom stereocenters. The first-order chi connectivity index (χ1) is 14.2. The lowest BCUT2D eigenvalue weighted by Crippen LogP contribution is -2.46. The molecule has 2 aromatic rings. The van der Waals surface area contributed by atoms with Crippen LogP contribution < -0.4 is 5.32 Å². The van der Waals surface area contributed by atoms with Crippen LogP contribution in [0.4, 0.5) is 17.6 Å². The van der Waals surface area contributed by atoms with Crippen LogP contribution in [-0.2, 0) is 11.0 Å². The molecule has 1 aliphatic heterocycles. The van der Waals surface area contributed by atoms with Crippen molar-refractivity contribution < 1.29 is 27.2 Å². The summed E-state index contributed by atoms with van der Waals surface area (Å²) >= 11 is 0.